The lowest BCUT2D eigenvalue weighted by atomic mass is 10.1. The van der Waals surface area contributed by atoms with Crippen molar-refractivity contribution < 1.29 is 10.2 Å². The van der Waals surface area contributed by atoms with Gasteiger partial charge >= 0.3 is 0 Å². The van der Waals surface area contributed by atoms with Crippen molar-refractivity contribution in [2.24, 2.45) is 0 Å². The van der Waals surface area contributed by atoms with Crippen LogP contribution < -0.4 is 5.32 Å². The van der Waals surface area contributed by atoms with E-state index in [9.17, 15) is 0 Å². The van der Waals surface area contributed by atoms with Gasteiger partial charge in [-0.05, 0) is 18.6 Å². The maximum Gasteiger partial charge on any atom is 0.102 e. The summed E-state index contributed by atoms with van der Waals surface area (Å²) in [5.41, 5.74) is 2.15. The Labute approximate surface area is 88.8 Å². The number of anilines is 1. The van der Waals surface area contributed by atoms with Crippen LogP contribution >= 0.6 is 0 Å². The Bertz CT molecular complexity index is 371. The molecule has 0 spiro atoms. The molecule has 0 aliphatic rings. The van der Waals surface area contributed by atoms with Crippen LogP contribution in [0, 0.1) is 18.3 Å². The van der Waals surface area contributed by atoms with Crippen LogP contribution in [0.1, 0.15) is 11.1 Å². The lowest BCUT2D eigenvalue weighted by Gasteiger charge is -2.12. The Morgan fingerprint density at radius 3 is 2.87 bits per heavy atom. The highest BCUT2D eigenvalue weighted by atomic mass is 16.3. The molecule has 0 saturated carbocycles. The highest BCUT2D eigenvalue weighted by Crippen LogP contribution is 2.17. The molecule has 1 aromatic carbocycles. The highest BCUT2D eigenvalue weighted by molar-refractivity contribution is 5.60. The van der Waals surface area contributed by atoms with E-state index < -0.39 is 6.10 Å². The number of hydrogen-bond acceptors (Lipinski definition) is 4. The van der Waals surface area contributed by atoms with Gasteiger partial charge in [-0.25, -0.2) is 0 Å². The number of nitrogens with one attached hydrogen (secondary N) is 1. The van der Waals surface area contributed by atoms with Crippen LogP contribution in [0.15, 0.2) is 18.2 Å². The third-order valence-electron chi connectivity index (χ3n) is 2.12. The second-order valence-corrected chi connectivity index (χ2v) is 3.33. The van der Waals surface area contributed by atoms with Gasteiger partial charge in [0.2, 0.25) is 0 Å². The van der Waals surface area contributed by atoms with Crippen LogP contribution in [0.5, 0.6) is 0 Å². The molecule has 15 heavy (non-hydrogen) atoms. The summed E-state index contributed by atoms with van der Waals surface area (Å²) in [6.07, 6.45) is -0.808. The number of benzene rings is 1. The second-order valence-electron chi connectivity index (χ2n) is 3.33. The van der Waals surface area contributed by atoms with Gasteiger partial charge in [-0.15, -0.1) is 0 Å². The number of rotatable bonds is 4. The molecule has 1 atom stereocenters. The molecule has 0 saturated heterocycles. The van der Waals surface area contributed by atoms with Crippen molar-refractivity contribution in [3.63, 3.8) is 0 Å². The van der Waals surface area contributed by atoms with Crippen molar-refractivity contribution in [2.45, 2.75) is 13.0 Å². The number of aryl methyl sites for hydroxylation is 1. The smallest absolute Gasteiger partial charge is 0.102 e. The van der Waals surface area contributed by atoms with E-state index in [4.69, 9.17) is 15.5 Å². The Morgan fingerprint density at radius 2 is 2.27 bits per heavy atom. The van der Waals surface area contributed by atoms with E-state index in [-0.39, 0.29) is 13.2 Å². The van der Waals surface area contributed by atoms with Crippen LogP contribution in [0.3, 0.4) is 0 Å². The van der Waals surface area contributed by atoms with E-state index in [1.807, 2.05) is 19.1 Å². The van der Waals surface area contributed by atoms with E-state index in [0.717, 1.165) is 5.56 Å². The summed E-state index contributed by atoms with van der Waals surface area (Å²) in [5, 5.41) is 29.6. The van der Waals surface area contributed by atoms with E-state index in [0.29, 0.717) is 11.3 Å². The van der Waals surface area contributed by atoms with E-state index in [1.54, 1.807) is 6.07 Å². The number of aliphatic hydroxyl groups excluding tert-OH is 2. The summed E-state index contributed by atoms with van der Waals surface area (Å²) in [7, 11) is 0. The van der Waals surface area contributed by atoms with E-state index >= 15 is 0 Å². The molecule has 0 heterocycles. The van der Waals surface area contributed by atoms with Crippen LogP contribution in [-0.2, 0) is 0 Å². The lowest BCUT2D eigenvalue weighted by molar-refractivity contribution is 0.105. The molecule has 0 radical (unpaired) electrons. The summed E-state index contributed by atoms with van der Waals surface area (Å²) >= 11 is 0. The van der Waals surface area contributed by atoms with Gasteiger partial charge in [0.25, 0.3) is 0 Å². The minimum atomic E-state index is -0.808. The van der Waals surface area contributed by atoms with Gasteiger partial charge in [-0.1, -0.05) is 12.1 Å². The quantitative estimate of drug-likeness (QED) is 0.675. The lowest BCUT2D eigenvalue weighted by Crippen LogP contribution is -2.23. The highest BCUT2D eigenvalue weighted by Gasteiger charge is 2.06. The summed E-state index contributed by atoms with van der Waals surface area (Å²) in [6, 6.07) is 7.56. The molecule has 0 aromatic heterocycles. The second kappa shape index (κ2) is 5.35. The number of nitriles is 1. The third-order valence-corrected chi connectivity index (χ3v) is 2.12. The zero-order valence-electron chi connectivity index (χ0n) is 8.57. The Kier molecular flexibility index (Phi) is 4.10. The molecule has 1 rings (SSSR count). The summed E-state index contributed by atoms with van der Waals surface area (Å²) in [5.74, 6) is 0. The molecule has 0 bridgehead atoms. The van der Waals surface area contributed by atoms with E-state index in [1.165, 1.54) is 0 Å². The molecular formula is C11H14N2O2. The van der Waals surface area contributed by atoms with Gasteiger partial charge in [-0.3, -0.25) is 0 Å². The van der Waals surface area contributed by atoms with E-state index in [2.05, 4.69) is 11.4 Å². The molecule has 4 heteroatoms. The summed E-state index contributed by atoms with van der Waals surface area (Å²) in [4.78, 5) is 0. The van der Waals surface area contributed by atoms with Crippen molar-refractivity contribution in [2.75, 3.05) is 18.5 Å². The zero-order valence-corrected chi connectivity index (χ0v) is 8.57. The molecule has 1 aromatic rings. The summed E-state index contributed by atoms with van der Waals surface area (Å²) in [6.45, 7) is 1.79. The third kappa shape index (κ3) is 2.94. The van der Waals surface area contributed by atoms with Crippen molar-refractivity contribution in [3.05, 3.63) is 29.3 Å². The fourth-order valence-corrected chi connectivity index (χ4v) is 1.26. The maximum atomic E-state index is 9.16. The van der Waals surface area contributed by atoms with Gasteiger partial charge in [0.15, 0.2) is 0 Å². The van der Waals surface area contributed by atoms with Crippen LogP contribution in [0.4, 0.5) is 5.69 Å². The maximum absolute atomic E-state index is 9.16. The number of aliphatic hydroxyl groups is 2. The average molecular weight is 206 g/mol. The summed E-state index contributed by atoms with van der Waals surface area (Å²) < 4.78 is 0. The Hall–Kier alpha value is -1.57. The van der Waals surface area contributed by atoms with Crippen LogP contribution in [0.25, 0.3) is 0 Å². The van der Waals surface area contributed by atoms with Crippen LogP contribution in [0.2, 0.25) is 0 Å². The zero-order chi connectivity index (χ0) is 11.3. The van der Waals surface area contributed by atoms with Crippen LogP contribution in [-0.4, -0.2) is 29.5 Å². The number of hydrogen-bond donors (Lipinski definition) is 3. The minimum absolute atomic E-state index is 0.231. The molecular weight excluding hydrogens is 192 g/mol. The van der Waals surface area contributed by atoms with Gasteiger partial charge < -0.3 is 15.5 Å². The van der Waals surface area contributed by atoms with Gasteiger partial charge in [-0.2, -0.15) is 5.26 Å². The van der Waals surface area contributed by atoms with Gasteiger partial charge in [0, 0.05) is 6.54 Å². The minimum Gasteiger partial charge on any atom is -0.394 e. The molecule has 0 fully saturated rings. The van der Waals surface area contributed by atoms with Gasteiger partial charge in [0.05, 0.1) is 24.0 Å². The standard InChI is InChI=1S/C11H14N2O2/c1-8-3-2-4-11(10(8)5-12)13-6-9(15)7-14/h2-4,9,13-15H,6-7H2,1H3/t9-/m0/s1. The molecule has 0 aliphatic carbocycles. The Balaban J connectivity index is 2.77. The molecule has 0 unspecified atom stereocenters. The fourth-order valence-electron chi connectivity index (χ4n) is 1.26. The molecule has 0 amide bonds. The van der Waals surface area contributed by atoms with Crippen molar-refractivity contribution in [3.8, 4) is 6.07 Å². The predicted octanol–water partition coefficient (Wildman–Crippen LogP) is 0.632. The molecule has 80 valence electrons. The molecule has 3 N–H and O–H groups in total. The Morgan fingerprint density at radius 1 is 1.53 bits per heavy atom. The topological polar surface area (TPSA) is 76.3 Å². The predicted molar refractivity (Wildman–Crippen MR) is 57.5 cm³/mol. The van der Waals surface area contributed by atoms with Crippen molar-refractivity contribution in [1.82, 2.24) is 0 Å². The van der Waals surface area contributed by atoms with Crippen molar-refractivity contribution >= 4 is 5.69 Å². The first-order valence-electron chi connectivity index (χ1n) is 4.71. The number of nitrogens with zero attached hydrogens (tertiary/aromatic N) is 1. The first-order valence-corrected chi connectivity index (χ1v) is 4.71. The first kappa shape index (κ1) is 11.5. The largest absolute Gasteiger partial charge is 0.394 e. The monoisotopic (exact) mass is 206 g/mol. The molecule has 4 nitrogen and oxygen atoms in total. The fraction of sp³-hybridized carbons (Fsp3) is 0.364. The SMILES string of the molecule is Cc1cccc(NC[C@H](O)CO)c1C#N. The normalized spacial score (nSPS) is 11.9. The van der Waals surface area contributed by atoms with Gasteiger partial charge in [0.1, 0.15) is 6.07 Å². The van der Waals surface area contributed by atoms with Crippen molar-refractivity contribution in [1.29, 1.82) is 5.26 Å². The molecule has 0 aliphatic heterocycles. The first-order chi connectivity index (χ1) is 7.19. The average Bonchev–Trinajstić information content (AvgIpc) is 2.25.